The Morgan fingerprint density at radius 3 is 2.68 bits per heavy atom. The first kappa shape index (κ1) is 19.5. The third kappa shape index (κ3) is 3.41. The number of sulfonamides is 1. The fraction of sp³-hybridized carbons (Fsp3) is 0.150. The van der Waals surface area contributed by atoms with Crippen LogP contribution in [0.5, 0.6) is 5.75 Å². The lowest BCUT2D eigenvalue weighted by molar-refractivity contribution is -0.119. The lowest BCUT2D eigenvalue weighted by atomic mass is 10.2. The van der Waals surface area contributed by atoms with E-state index < -0.39 is 16.1 Å². The van der Waals surface area contributed by atoms with Gasteiger partial charge in [0.2, 0.25) is 5.91 Å². The van der Waals surface area contributed by atoms with E-state index in [0.717, 1.165) is 0 Å². The van der Waals surface area contributed by atoms with E-state index >= 15 is 0 Å². The molecule has 158 valence electrons. The molecule has 2 aromatic heterocycles. The van der Waals surface area contributed by atoms with E-state index in [0.29, 0.717) is 34.8 Å². The predicted octanol–water partition coefficient (Wildman–Crippen LogP) is 2.98. The maximum Gasteiger partial charge on any atom is 0.263 e. The molecule has 0 bridgehead atoms. The van der Waals surface area contributed by atoms with E-state index in [-0.39, 0.29) is 16.6 Å². The van der Waals surface area contributed by atoms with Gasteiger partial charge in [-0.25, -0.2) is 18.4 Å². The van der Waals surface area contributed by atoms with Crippen LogP contribution in [0.3, 0.4) is 0 Å². The topological polar surface area (TPSA) is 117 Å². The number of carbonyl (C=O) groups is 1. The van der Waals surface area contributed by atoms with Crippen LogP contribution in [0.1, 0.15) is 12.5 Å². The highest BCUT2D eigenvalue weighted by Gasteiger charge is 2.34. The van der Waals surface area contributed by atoms with Crippen LogP contribution < -0.4 is 9.62 Å². The van der Waals surface area contributed by atoms with Crippen molar-refractivity contribution in [2.45, 2.75) is 17.4 Å². The van der Waals surface area contributed by atoms with Crippen molar-refractivity contribution in [2.75, 3.05) is 16.2 Å². The van der Waals surface area contributed by atoms with E-state index in [1.807, 2.05) is 6.07 Å². The first-order valence-electron chi connectivity index (χ1n) is 9.42. The third-order valence-electron chi connectivity index (χ3n) is 5.21. The average molecular weight is 456 g/mol. The van der Waals surface area contributed by atoms with E-state index in [1.165, 1.54) is 29.7 Å². The number of aromatic nitrogens is 3. The molecule has 31 heavy (non-hydrogen) atoms. The van der Waals surface area contributed by atoms with Gasteiger partial charge in [0.1, 0.15) is 17.3 Å². The smallest absolute Gasteiger partial charge is 0.263 e. The minimum Gasteiger partial charge on any atom is -0.506 e. The number of imidazole rings is 1. The number of hydrogen-bond acceptors (Lipinski definition) is 7. The molecular formula is C20H17N5O4S2. The van der Waals surface area contributed by atoms with Gasteiger partial charge in [-0.15, -0.1) is 11.3 Å². The standard InChI is InChI=1S/C20H17N5O4S2/c26-17-3-1-2-15-18(17)22-12-25(15)16-8-10-24(19(16)27)13-4-6-14(7-5-13)31(28,29)23-20-21-9-11-30-20/h1-7,9,11-12,16,26H,8,10H2,(H,21,23)/t16-/m0/s1. The molecule has 0 spiro atoms. The summed E-state index contributed by atoms with van der Waals surface area (Å²) in [5.74, 6) is -0.0409. The Kier molecular flexibility index (Phi) is 4.63. The molecular weight excluding hydrogens is 438 g/mol. The number of fused-ring (bicyclic) bond motifs is 1. The number of nitrogens with zero attached hydrogens (tertiary/aromatic N) is 4. The number of phenols is 1. The Hall–Kier alpha value is -3.44. The first-order chi connectivity index (χ1) is 14.9. The Morgan fingerprint density at radius 2 is 1.94 bits per heavy atom. The van der Waals surface area contributed by atoms with Gasteiger partial charge in [0.25, 0.3) is 10.0 Å². The van der Waals surface area contributed by atoms with E-state index in [4.69, 9.17) is 0 Å². The summed E-state index contributed by atoms with van der Waals surface area (Å²) in [6, 6.07) is 10.8. The Balaban J connectivity index is 1.38. The van der Waals surface area contributed by atoms with Gasteiger partial charge in [-0.1, -0.05) is 6.07 Å². The van der Waals surface area contributed by atoms with Crippen molar-refractivity contribution in [2.24, 2.45) is 0 Å². The van der Waals surface area contributed by atoms with Crippen LogP contribution in [0.2, 0.25) is 0 Å². The number of carbonyl (C=O) groups excluding carboxylic acids is 1. The van der Waals surface area contributed by atoms with Crippen molar-refractivity contribution >= 4 is 49.1 Å². The fourth-order valence-corrected chi connectivity index (χ4v) is 5.51. The lowest BCUT2D eigenvalue weighted by Gasteiger charge is -2.18. The van der Waals surface area contributed by atoms with Gasteiger partial charge >= 0.3 is 0 Å². The molecule has 4 aromatic rings. The van der Waals surface area contributed by atoms with E-state index in [1.54, 1.807) is 45.4 Å². The van der Waals surface area contributed by atoms with Crippen LogP contribution in [-0.4, -0.2) is 40.5 Å². The fourth-order valence-electron chi connectivity index (χ4n) is 3.72. The quantitative estimate of drug-likeness (QED) is 0.478. The maximum absolute atomic E-state index is 13.1. The molecule has 11 heteroatoms. The Morgan fingerprint density at radius 1 is 1.13 bits per heavy atom. The monoisotopic (exact) mass is 455 g/mol. The van der Waals surface area contributed by atoms with Gasteiger partial charge in [-0.2, -0.15) is 0 Å². The van der Waals surface area contributed by atoms with E-state index in [2.05, 4.69) is 14.7 Å². The van der Waals surface area contributed by atoms with Crippen LogP contribution >= 0.6 is 11.3 Å². The zero-order chi connectivity index (χ0) is 21.6. The van der Waals surface area contributed by atoms with Gasteiger partial charge in [-0.05, 0) is 42.8 Å². The van der Waals surface area contributed by atoms with Gasteiger partial charge in [-0.3, -0.25) is 9.52 Å². The van der Waals surface area contributed by atoms with Crippen LogP contribution in [-0.2, 0) is 14.8 Å². The molecule has 0 saturated carbocycles. The summed E-state index contributed by atoms with van der Waals surface area (Å²) >= 11 is 1.19. The van der Waals surface area contributed by atoms with Crippen LogP contribution in [0, 0.1) is 0 Å². The molecule has 0 radical (unpaired) electrons. The van der Waals surface area contributed by atoms with Crippen molar-refractivity contribution in [3.63, 3.8) is 0 Å². The number of aromatic hydroxyl groups is 1. The number of anilines is 2. The maximum atomic E-state index is 13.1. The third-order valence-corrected chi connectivity index (χ3v) is 7.38. The number of para-hydroxylation sites is 1. The largest absolute Gasteiger partial charge is 0.506 e. The van der Waals surface area contributed by atoms with Gasteiger partial charge in [0.15, 0.2) is 5.13 Å². The second-order valence-electron chi connectivity index (χ2n) is 7.03. The molecule has 1 fully saturated rings. The molecule has 9 nitrogen and oxygen atoms in total. The molecule has 2 N–H and O–H groups in total. The molecule has 5 rings (SSSR count). The number of amides is 1. The zero-order valence-corrected chi connectivity index (χ0v) is 17.7. The van der Waals surface area contributed by atoms with Crippen LogP contribution in [0.4, 0.5) is 10.8 Å². The van der Waals surface area contributed by atoms with Crippen molar-refractivity contribution < 1.29 is 18.3 Å². The number of nitrogens with one attached hydrogen (secondary N) is 1. The Labute approximate surface area is 181 Å². The van der Waals surface area contributed by atoms with Crippen molar-refractivity contribution in [1.29, 1.82) is 0 Å². The number of phenolic OH excluding ortho intramolecular Hbond substituents is 1. The van der Waals surface area contributed by atoms with Crippen molar-refractivity contribution in [1.82, 2.24) is 14.5 Å². The van der Waals surface area contributed by atoms with Crippen molar-refractivity contribution in [3.05, 3.63) is 60.4 Å². The molecule has 2 aromatic carbocycles. The number of hydrogen-bond donors (Lipinski definition) is 2. The van der Waals surface area contributed by atoms with Gasteiger partial charge in [0.05, 0.1) is 16.7 Å². The SMILES string of the molecule is O=C1[C@@H](n2cnc3c(O)cccc32)CCN1c1ccc(S(=O)(=O)Nc2nccs2)cc1. The molecule has 1 saturated heterocycles. The summed E-state index contributed by atoms with van der Waals surface area (Å²) < 4.78 is 29.2. The minimum absolute atomic E-state index is 0.0710. The second kappa shape index (κ2) is 7.36. The van der Waals surface area contributed by atoms with Gasteiger partial charge in [0, 0.05) is 23.8 Å². The molecule has 0 aliphatic carbocycles. The molecule has 3 heterocycles. The van der Waals surface area contributed by atoms with Crippen LogP contribution in [0.25, 0.3) is 11.0 Å². The minimum atomic E-state index is -3.75. The number of rotatable bonds is 5. The lowest BCUT2D eigenvalue weighted by Crippen LogP contribution is -2.28. The zero-order valence-electron chi connectivity index (χ0n) is 16.0. The molecule has 1 aliphatic heterocycles. The summed E-state index contributed by atoms with van der Waals surface area (Å²) in [6.45, 7) is 0.492. The normalized spacial score (nSPS) is 16.8. The highest BCUT2D eigenvalue weighted by molar-refractivity contribution is 7.93. The van der Waals surface area contributed by atoms with Crippen LogP contribution in [0.15, 0.2) is 65.3 Å². The molecule has 1 aliphatic rings. The average Bonchev–Trinajstić information content (AvgIpc) is 3.48. The summed E-state index contributed by atoms with van der Waals surface area (Å²) in [4.78, 5) is 23.0. The Bertz CT molecular complexity index is 1360. The number of thiazole rings is 1. The highest BCUT2D eigenvalue weighted by Crippen LogP contribution is 2.33. The second-order valence-corrected chi connectivity index (χ2v) is 9.60. The van der Waals surface area contributed by atoms with E-state index in [9.17, 15) is 18.3 Å². The summed E-state index contributed by atoms with van der Waals surface area (Å²) in [6.07, 6.45) is 3.66. The molecule has 0 unspecified atom stereocenters. The number of benzene rings is 2. The van der Waals surface area contributed by atoms with Crippen molar-refractivity contribution in [3.8, 4) is 5.75 Å². The molecule has 1 atom stereocenters. The summed E-state index contributed by atoms with van der Waals surface area (Å²) in [7, 11) is -3.75. The highest BCUT2D eigenvalue weighted by atomic mass is 32.2. The summed E-state index contributed by atoms with van der Waals surface area (Å²) in [5, 5.41) is 11.9. The predicted molar refractivity (Wildman–Crippen MR) is 117 cm³/mol. The summed E-state index contributed by atoms with van der Waals surface area (Å²) in [5.41, 5.74) is 1.76. The first-order valence-corrected chi connectivity index (χ1v) is 11.8. The molecule has 1 amide bonds. The van der Waals surface area contributed by atoms with Gasteiger partial charge < -0.3 is 14.6 Å².